The maximum absolute atomic E-state index is 12.9. The van der Waals surface area contributed by atoms with Crippen LogP contribution in [0.25, 0.3) is 11.3 Å². The van der Waals surface area contributed by atoms with Gasteiger partial charge in [0.15, 0.2) is 0 Å². The Morgan fingerprint density at radius 3 is 2.47 bits per heavy atom. The second-order valence-corrected chi connectivity index (χ2v) is 10.5. The Balaban J connectivity index is 1.22. The maximum atomic E-state index is 12.9. The molecule has 1 N–H and O–H groups in total. The highest BCUT2D eigenvalue weighted by atomic mass is 32.1. The van der Waals surface area contributed by atoms with Crippen molar-refractivity contribution in [1.82, 2.24) is 14.8 Å². The third-order valence-corrected chi connectivity index (χ3v) is 7.64. The molecule has 2 heterocycles. The fourth-order valence-electron chi connectivity index (χ4n) is 4.47. The molecular weight excluding hydrogens is 464 g/mol. The summed E-state index contributed by atoms with van der Waals surface area (Å²) in [6, 6.07) is 24.3. The first-order valence-electron chi connectivity index (χ1n) is 12.4. The van der Waals surface area contributed by atoms with Crippen LogP contribution in [-0.2, 0) is 13.0 Å². The van der Waals surface area contributed by atoms with E-state index < -0.39 is 0 Å². The van der Waals surface area contributed by atoms with Gasteiger partial charge >= 0.3 is 0 Å². The fraction of sp³-hybridized carbons (Fsp3) is 0.267. The Morgan fingerprint density at radius 2 is 1.72 bits per heavy atom. The summed E-state index contributed by atoms with van der Waals surface area (Å²) in [6.07, 6.45) is 0.744. The highest BCUT2D eigenvalue weighted by Gasteiger charge is 2.15. The second kappa shape index (κ2) is 11.2. The number of aryl methyl sites for hydroxylation is 1. The van der Waals surface area contributed by atoms with Crippen LogP contribution in [-0.4, -0.2) is 53.9 Å². The van der Waals surface area contributed by atoms with Crippen molar-refractivity contribution in [3.8, 4) is 11.3 Å². The van der Waals surface area contributed by atoms with Crippen molar-refractivity contribution in [2.75, 3.05) is 38.5 Å². The van der Waals surface area contributed by atoms with Crippen molar-refractivity contribution in [2.45, 2.75) is 19.9 Å². The van der Waals surface area contributed by atoms with E-state index in [1.165, 1.54) is 16.7 Å². The molecule has 1 amide bonds. The Kier molecular flexibility index (Phi) is 7.56. The third kappa shape index (κ3) is 6.08. The maximum Gasteiger partial charge on any atom is 0.255 e. The lowest BCUT2D eigenvalue weighted by atomic mass is 10.0. The number of benzene rings is 3. The molecule has 5 rings (SSSR count). The molecule has 0 bridgehead atoms. The number of carbonyl (C=O) groups excluding carboxylic acids is 1. The summed E-state index contributed by atoms with van der Waals surface area (Å²) >= 11 is 1.67. The summed E-state index contributed by atoms with van der Waals surface area (Å²) in [7, 11) is 2.17. The van der Waals surface area contributed by atoms with Crippen LogP contribution >= 0.6 is 11.3 Å². The molecule has 0 atom stereocenters. The lowest BCUT2D eigenvalue weighted by molar-refractivity contribution is 0.102. The summed E-state index contributed by atoms with van der Waals surface area (Å²) < 4.78 is 0. The van der Waals surface area contributed by atoms with Crippen molar-refractivity contribution < 1.29 is 4.79 Å². The zero-order valence-electron chi connectivity index (χ0n) is 20.9. The van der Waals surface area contributed by atoms with E-state index in [9.17, 15) is 4.79 Å². The molecule has 1 fully saturated rings. The van der Waals surface area contributed by atoms with E-state index in [0.717, 1.165) is 61.1 Å². The predicted octanol–water partition coefficient (Wildman–Crippen LogP) is 5.71. The fourth-order valence-corrected chi connectivity index (χ4v) is 5.29. The number of likely N-dealkylation sites (N-methyl/N-ethyl adjacent to an activating group) is 1. The Morgan fingerprint density at radius 1 is 0.972 bits per heavy atom. The van der Waals surface area contributed by atoms with Gasteiger partial charge in [0.25, 0.3) is 5.91 Å². The zero-order valence-corrected chi connectivity index (χ0v) is 21.7. The van der Waals surface area contributed by atoms with E-state index >= 15 is 0 Å². The van der Waals surface area contributed by atoms with Gasteiger partial charge in [-0.2, -0.15) is 0 Å². The second-order valence-electron chi connectivity index (χ2n) is 9.54. The molecule has 4 aromatic rings. The number of amides is 1. The molecular formula is C30H32N4OS. The van der Waals surface area contributed by atoms with Gasteiger partial charge in [0.05, 0.1) is 10.7 Å². The van der Waals surface area contributed by atoms with E-state index in [-0.39, 0.29) is 5.91 Å². The number of thiazole rings is 1. The van der Waals surface area contributed by atoms with Crippen LogP contribution < -0.4 is 5.32 Å². The minimum atomic E-state index is -0.0865. The number of rotatable bonds is 7. The molecule has 0 aliphatic carbocycles. The SMILES string of the molecule is Cc1ccc(NC(=O)c2ccc(CN3CCN(C)CC3)cc2)cc1Cc1nc(-c2ccccc2)cs1. The molecule has 0 unspecified atom stereocenters. The summed E-state index contributed by atoms with van der Waals surface area (Å²) in [6.45, 7) is 7.42. The summed E-state index contributed by atoms with van der Waals surface area (Å²) in [5.74, 6) is -0.0865. The first-order valence-corrected chi connectivity index (χ1v) is 13.3. The van der Waals surface area contributed by atoms with Gasteiger partial charge in [-0.25, -0.2) is 4.98 Å². The lowest BCUT2D eigenvalue weighted by Gasteiger charge is -2.32. The lowest BCUT2D eigenvalue weighted by Crippen LogP contribution is -2.43. The van der Waals surface area contributed by atoms with E-state index in [2.05, 4.69) is 70.9 Å². The van der Waals surface area contributed by atoms with Crippen LogP contribution in [0.5, 0.6) is 0 Å². The zero-order chi connectivity index (χ0) is 24.9. The normalized spacial score (nSPS) is 14.6. The smallest absolute Gasteiger partial charge is 0.255 e. The number of aromatic nitrogens is 1. The summed E-state index contributed by atoms with van der Waals surface area (Å²) in [5.41, 5.74) is 7.23. The molecule has 184 valence electrons. The highest BCUT2D eigenvalue weighted by molar-refractivity contribution is 7.10. The van der Waals surface area contributed by atoms with Crippen LogP contribution in [0, 0.1) is 6.92 Å². The monoisotopic (exact) mass is 496 g/mol. The molecule has 0 saturated carbocycles. The predicted molar refractivity (Wildman–Crippen MR) is 149 cm³/mol. The number of hydrogen-bond donors (Lipinski definition) is 1. The van der Waals surface area contributed by atoms with Gasteiger partial charge in [-0.05, 0) is 54.9 Å². The van der Waals surface area contributed by atoms with Crippen molar-refractivity contribution in [2.24, 2.45) is 0 Å². The van der Waals surface area contributed by atoms with E-state index in [1.807, 2.05) is 36.4 Å². The van der Waals surface area contributed by atoms with E-state index in [0.29, 0.717) is 5.56 Å². The number of nitrogens with zero attached hydrogens (tertiary/aromatic N) is 3. The van der Waals surface area contributed by atoms with Crippen molar-refractivity contribution in [1.29, 1.82) is 0 Å². The average molecular weight is 497 g/mol. The van der Waals surface area contributed by atoms with Crippen LogP contribution in [0.2, 0.25) is 0 Å². The number of piperazine rings is 1. The Labute approximate surface area is 217 Å². The average Bonchev–Trinajstić information content (AvgIpc) is 3.37. The number of hydrogen-bond acceptors (Lipinski definition) is 5. The topological polar surface area (TPSA) is 48.5 Å². The molecule has 1 aromatic heterocycles. The van der Waals surface area contributed by atoms with Gasteiger partial charge in [-0.1, -0.05) is 48.5 Å². The number of anilines is 1. The quantitative estimate of drug-likeness (QED) is 0.356. The first-order chi connectivity index (χ1) is 17.5. The highest BCUT2D eigenvalue weighted by Crippen LogP contribution is 2.25. The van der Waals surface area contributed by atoms with E-state index in [4.69, 9.17) is 4.98 Å². The number of nitrogens with one attached hydrogen (secondary N) is 1. The van der Waals surface area contributed by atoms with Crippen molar-refractivity contribution >= 4 is 22.9 Å². The first kappa shape index (κ1) is 24.4. The van der Waals surface area contributed by atoms with Crippen molar-refractivity contribution in [3.05, 3.63) is 105 Å². The molecule has 3 aromatic carbocycles. The minimum Gasteiger partial charge on any atom is -0.322 e. The van der Waals surface area contributed by atoms with Gasteiger partial charge in [0.2, 0.25) is 0 Å². The van der Waals surface area contributed by atoms with Gasteiger partial charge in [-0.15, -0.1) is 11.3 Å². The number of carbonyl (C=O) groups is 1. The largest absolute Gasteiger partial charge is 0.322 e. The molecule has 36 heavy (non-hydrogen) atoms. The van der Waals surface area contributed by atoms with Crippen LogP contribution in [0.1, 0.15) is 32.1 Å². The molecule has 0 spiro atoms. The minimum absolute atomic E-state index is 0.0865. The van der Waals surface area contributed by atoms with Gasteiger partial charge in [-0.3, -0.25) is 9.69 Å². The van der Waals surface area contributed by atoms with Crippen LogP contribution in [0.15, 0.2) is 78.2 Å². The summed E-state index contributed by atoms with van der Waals surface area (Å²) in [5, 5.41) is 6.25. The third-order valence-electron chi connectivity index (χ3n) is 6.79. The van der Waals surface area contributed by atoms with Crippen LogP contribution in [0.4, 0.5) is 5.69 Å². The summed E-state index contributed by atoms with van der Waals surface area (Å²) in [4.78, 5) is 22.6. The molecule has 6 heteroatoms. The van der Waals surface area contributed by atoms with Gasteiger partial charge in [0, 0.05) is 61.3 Å². The molecule has 1 aliphatic rings. The molecule has 1 saturated heterocycles. The molecule has 0 radical (unpaired) electrons. The molecule has 1 aliphatic heterocycles. The van der Waals surface area contributed by atoms with Gasteiger partial charge < -0.3 is 10.2 Å². The molecule has 5 nitrogen and oxygen atoms in total. The van der Waals surface area contributed by atoms with Crippen LogP contribution in [0.3, 0.4) is 0 Å². The Hall–Kier alpha value is -3.32. The van der Waals surface area contributed by atoms with Gasteiger partial charge in [0.1, 0.15) is 0 Å². The standard InChI is InChI=1S/C30H32N4OS/c1-22-8-13-27(18-26(22)19-29-32-28(21-36-29)24-6-4-3-5-7-24)31-30(35)25-11-9-23(10-12-25)20-34-16-14-33(2)15-17-34/h3-13,18,21H,14-17,19-20H2,1-2H3,(H,31,35). The van der Waals surface area contributed by atoms with E-state index in [1.54, 1.807) is 11.3 Å². The van der Waals surface area contributed by atoms with Crippen molar-refractivity contribution in [3.63, 3.8) is 0 Å². The Bertz CT molecular complexity index is 1310.